The molecule has 182 valence electrons. The summed E-state index contributed by atoms with van der Waals surface area (Å²) < 4.78 is 14.8. The van der Waals surface area contributed by atoms with Gasteiger partial charge in [-0.1, -0.05) is 23.8 Å². The lowest BCUT2D eigenvalue weighted by molar-refractivity contribution is -0.118. The first-order valence-corrected chi connectivity index (χ1v) is 11.4. The third kappa shape index (κ3) is 5.51. The highest BCUT2D eigenvalue weighted by molar-refractivity contribution is 5.92. The van der Waals surface area contributed by atoms with Crippen LogP contribution in [-0.4, -0.2) is 31.7 Å². The fraction of sp³-hybridized carbons (Fsp3) is 0.308. The van der Waals surface area contributed by atoms with E-state index in [9.17, 15) is 9.59 Å². The van der Waals surface area contributed by atoms with Crippen LogP contribution >= 0.6 is 0 Å². The number of fused-ring (bicyclic) bond motifs is 1. The van der Waals surface area contributed by atoms with Gasteiger partial charge in [-0.3, -0.25) is 14.3 Å². The number of hydrogen-bond acceptors (Lipinski definition) is 6. The van der Waals surface area contributed by atoms with Gasteiger partial charge in [0.05, 0.1) is 5.69 Å². The van der Waals surface area contributed by atoms with Crippen LogP contribution in [0.15, 0.2) is 53.6 Å². The van der Waals surface area contributed by atoms with Gasteiger partial charge >= 0.3 is 0 Å². The van der Waals surface area contributed by atoms with E-state index in [-0.39, 0.29) is 30.7 Å². The van der Waals surface area contributed by atoms with Gasteiger partial charge in [-0.15, -0.1) is 0 Å². The number of anilines is 1. The average molecular weight is 476 g/mol. The second-order valence-electron chi connectivity index (χ2n) is 8.79. The Morgan fingerprint density at radius 3 is 2.54 bits per heavy atom. The number of nitrogens with zero attached hydrogens (tertiary/aromatic N) is 4. The molecule has 0 saturated heterocycles. The quantitative estimate of drug-likeness (QED) is 0.414. The molecule has 2 aromatic carbocycles. The van der Waals surface area contributed by atoms with Crippen LogP contribution in [0.4, 0.5) is 5.69 Å². The van der Waals surface area contributed by atoms with Gasteiger partial charge in [0.25, 0.3) is 17.2 Å². The molecule has 0 aliphatic heterocycles. The number of carbonyl (C=O) groups is 1. The van der Waals surface area contributed by atoms with Gasteiger partial charge in [0.2, 0.25) is 0 Å². The molecule has 9 nitrogen and oxygen atoms in total. The molecule has 0 radical (unpaired) electrons. The second kappa shape index (κ2) is 10.0. The summed E-state index contributed by atoms with van der Waals surface area (Å²) in [6, 6.07) is 12.7. The van der Waals surface area contributed by atoms with Crippen molar-refractivity contribution in [3.05, 3.63) is 81.5 Å². The summed E-state index contributed by atoms with van der Waals surface area (Å²) >= 11 is 0. The summed E-state index contributed by atoms with van der Waals surface area (Å²) in [5.74, 6) is 1.30. The summed E-state index contributed by atoms with van der Waals surface area (Å²) in [5, 5.41) is 2.83. The van der Waals surface area contributed by atoms with Crippen molar-refractivity contribution in [3.63, 3.8) is 0 Å². The first kappa shape index (κ1) is 24.0. The van der Waals surface area contributed by atoms with Crippen LogP contribution in [0.5, 0.6) is 11.5 Å². The molecule has 1 amide bonds. The summed E-state index contributed by atoms with van der Waals surface area (Å²) in [6.45, 7) is 9.78. The van der Waals surface area contributed by atoms with Gasteiger partial charge in [-0.25, -0.2) is 4.98 Å². The minimum absolute atomic E-state index is 0.0773. The van der Waals surface area contributed by atoms with E-state index in [0.717, 1.165) is 16.7 Å². The van der Waals surface area contributed by atoms with E-state index in [1.165, 1.54) is 10.6 Å². The van der Waals surface area contributed by atoms with Crippen LogP contribution in [0.1, 0.15) is 42.3 Å². The molecule has 0 atom stereocenters. The van der Waals surface area contributed by atoms with Gasteiger partial charge in [-0.05, 0) is 57.9 Å². The monoisotopic (exact) mass is 475 g/mol. The van der Waals surface area contributed by atoms with Crippen LogP contribution in [0.25, 0.3) is 5.78 Å². The normalized spacial score (nSPS) is 11.1. The SMILES string of the molecule is Cc1ccc(OCC(=O)Nc2ccc(C)c(OCc3cc(=O)n4c(ncn4C(C)C)n3)c2)c(C)c1. The number of aryl methyl sites for hydroxylation is 3. The lowest BCUT2D eigenvalue weighted by Gasteiger charge is -2.13. The predicted molar refractivity (Wildman–Crippen MR) is 133 cm³/mol. The highest BCUT2D eigenvalue weighted by atomic mass is 16.5. The Morgan fingerprint density at radius 2 is 1.80 bits per heavy atom. The second-order valence-corrected chi connectivity index (χ2v) is 8.79. The number of rotatable bonds is 8. The molecule has 2 heterocycles. The van der Waals surface area contributed by atoms with Gasteiger partial charge in [-0.2, -0.15) is 9.50 Å². The number of ether oxygens (including phenoxy) is 2. The molecule has 0 unspecified atom stereocenters. The van der Waals surface area contributed by atoms with Gasteiger partial charge in [0.15, 0.2) is 6.61 Å². The largest absolute Gasteiger partial charge is 0.487 e. The Kier molecular flexibility index (Phi) is 6.86. The molecule has 4 rings (SSSR count). The predicted octanol–water partition coefficient (Wildman–Crippen LogP) is 3.99. The van der Waals surface area contributed by atoms with Crippen LogP contribution in [0, 0.1) is 20.8 Å². The zero-order valence-electron chi connectivity index (χ0n) is 20.5. The Bertz CT molecular complexity index is 1440. The highest BCUT2D eigenvalue weighted by Gasteiger charge is 2.12. The van der Waals surface area contributed by atoms with Crippen molar-refractivity contribution in [1.29, 1.82) is 0 Å². The zero-order chi connectivity index (χ0) is 25.1. The molecule has 0 fully saturated rings. The van der Waals surface area contributed by atoms with Crippen molar-refractivity contribution in [3.8, 4) is 11.5 Å². The van der Waals surface area contributed by atoms with Crippen molar-refractivity contribution >= 4 is 17.4 Å². The molecule has 2 aromatic heterocycles. The fourth-order valence-electron chi connectivity index (χ4n) is 3.70. The number of benzene rings is 2. The first-order chi connectivity index (χ1) is 16.7. The van der Waals surface area contributed by atoms with Crippen molar-refractivity contribution in [2.45, 2.75) is 47.3 Å². The molecule has 0 spiro atoms. The van der Waals surface area contributed by atoms with Crippen LogP contribution < -0.4 is 20.3 Å². The molecule has 0 saturated carbocycles. The van der Waals surface area contributed by atoms with E-state index < -0.39 is 0 Å². The van der Waals surface area contributed by atoms with Crippen LogP contribution in [0.3, 0.4) is 0 Å². The zero-order valence-corrected chi connectivity index (χ0v) is 20.5. The minimum atomic E-state index is -0.277. The molecule has 0 aliphatic rings. The van der Waals surface area contributed by atoms with Crippen molar-refractivity contribution in [1.82, 2.24) is 19.2 Å². The van der Waals surface area contributed by atoms with Gasteiger partial charge < -0.3 is 14.8 Å². The lowest BCUT2D eigenvalue weighted by Crippen LogP contribution is -2.23. The van der Waals surface area contributed by atoms with E-state index >= 15 is 0 Å². The smallest absolute Gasteiger partial charge is 0.274 e. The summed E-state index contributed by atoms with van der Waals surface area (Å²) in [4.78, 5) is 33.7. The summed E-state index contributed by atoms with van der Waals surface area (Å²) in [5.41, 5.74) is 3.83. The van der Waals surface area contributed by atoms with Gasteiger partial charge in [0, 0.05) is 23.9 Å². The Balaban J connectivity index is 1.41. The van der Waals surface area contributed by atoms with E-state index in [0.29, 0.717) is 28.7 Å². The third-order valence-electron chi connectivity index (χ3n) is 5.52. The highest BCUT2D eigenvalue weighted by Crippen LogP contribution is 2.24. The molecule has 0 aliphatic carbocycles. The number of amides is 1. The Hall–Kier alpha value is -4.14. The molecular formula is C26H29N5O4. The maximum atomic E-state index is 12.6. The van der Waals surface area contributed by atoms with Crippen LogP contribution in [0.2, 0.25) is 0 Å². The third-order valence-corrected chi connectivity index (χ3v) is 5.52. The van der Waals surface area contributed by atoms with Crippen molar-refractivity contribution in [2.24, 2.45) is 0 Å². The van der Waals surface area contributed by atoms with E-state index in [2.05, 4.69) is 15.3 Å². The van der Waals surface area contributed by atoms with E-state index in [1.807, 2.05) is 58.9 Å². The first-order valence-electron chi connectivity index (χ1n) is 11.4. The Morgan fingerprint density at radius 1 is 1.00 bits per heavy atom. The van der Waals surface area contributed by atoms with Crippen LogP contribution in [-0.2, 0) is 11.4 Å². The standard InChI is InChI=1S/C26H29N5O4/c1-16(2)30-15-27-26-29-21(12-25(33)31(26)30)13-34-23-11-20(8-7-18(23)4)28-24(32)14-35-22-9-6-17(3)10-19(22)5/h6-12,15-16H,13-14H2,1-5H3,(H,28,32). The number of carbonyl (C=O) groups excluding carboxylic acids is 1. The molecule has 9 heteroatoms. The number of aromatic nitrogens is 4. The molecular weight excluding hydrogens is 446 g/mol. The summed E-state index contributed by atoms with van der Waals surface area (Å²) in [7, 11) is 0. The summed E-state index contributed by atoms with van der Waals surface area (Å²) in [6.07, 6.45) is 1.60. The Labute approximate surface area is 203 Å². The van der Waals surface area contributed by atoms with Gasteiger partial charge in [0.1, 0.15) is 24.4 Å². The maximum absolute atomic E-state index is 12.6. The average Bonchev–Trinajstić information content (AvgIpc) is 3.24. The molecule has 35 heavy (non-hydrogen) atoms. The molecule has 0 bridgehead atoms. The molecule has 1 N–H and O–H groups in total. The molecule has 4 aromatic rings. The number of nitrogens with one attached hydrogen (secondary N) is 1. The topological polar surface area (TPSA) is 99.7 Å². The lowest BCUT2D eigenvalue weighted by atomic mass is 10.1. The fourth-order valence-corrected chi connectivity index (χ4v) is 3.70. The van der Waals surface area contributed by atoms with E-state index in [4.69, 9.17) is 9.47 Å². The number of hydrogen-bond donors (Lipinski definition) is 1. The van der Waals surface area contributed by atoms with Crippen molar-refractivity contribution in [2.75, 3.05) is 11.9 Å². The minimum Gasteiger partial charge on any atom is -0.487 e. The van der Waals surface area contributed by atoms with E-state index in [1.54, 1.807) is 23.1 Å². The van der Waals surface area contributed by atoms with Crippen molar-refractivity contribution < 1.29 is 14.3 Å². The maximum Gasteiger partial charge on any atom is 0.274 e.